The molecule has 3 rings (SSSR count). The van der Waals surface area contributed by atoms with Crippen LogP contribution in [0.2, 0.25) is 0 Å². The van der Waals surface area contributed by atoms with E-state index in [1.54, 1.807) is 5.51 Å². The zero-order valence-corrected chi connectivity index (χ0v) is 14.9. The second-order valence-corrected chi connectivity index (χ2v) is 6.17. The summed E-state index contributed by atoms with van der Waals surface area (Å²) in [4.78, 5) is 29.2. The van der Waals surface area contributed by atoms with Crippen LogP contribution in [0.15, 0.2) is 23.0 Å². The molecule has 0 aliphatic carbocycles. The first-order valence-corrected chi connectivity index (χ1v) is 8.77. The highest BCUT2D eigenvalue weighted by molar-refractivity contribution is 7.07. The van der Waals surface area contributed by atoms with Crippen molar-refractivity contribution in [2.45, 2.75) is 6.61 Å². The number of hydrogen-bond acceptors (Lipinski definition) is 8. The molecule has 0 N–H and O–H groups in total. The molecule has 1 saturated heterocycles. The molecular weight excluding hydrogens is 362 g/mol. The van der Waals surface area contributed by atoms with Gasteiger partial charge in [0.05, 0.1) is 42.5 Å². The number of benzene rings is 1. The molecule has 10 heteroatoms. The van der Waals surface area contributed by atoms with Crippen LogP contribution in [-0.4, -0.2) is 54.1 Å². The number of rotatable bonds is 6. The van der Waals surface area contributed by atoms with Gasteiger partial charge in [-0.15, -0.1) is 11.3 Å². The normalized spacial score (nSPS) is 14.1. The van der Waals surface area contributed by atoms with Crippen molar-refractivity contribution in [1.29, 1.82) is 0 Å². The Morgan fingerprint density at radius 2 is 2.15 bits per heavy atom. The molecule has 0 bridgehead atoms. The standard InChI is InChI=1S/C16H17N3O6S/c1-23-14-6-12(16(20)18-2-4-24-5-3-18)13(19(21)22)7-15(14)25-8-11-9-26-10-17-11/h6-7,9-10H,2-5,8H2,1H3. The maximum absolute atomic E-state index is 12.7. The highest BCUT2D eigenvalue weighted by Crippen LogP contribution is 2.36. The van der Waals surface area contributed by atoms with E-state index < -0.39 is 10.8 Å². The van der Waals surface area contributed by atoms with E-state index in [4.69, 9.17) is 14.2 Å². The van der Waals surface area contributed by atoms with Gasteiger partial charge in [0, 0.05) is 24.5 Å². The summed E-state index contributed by atoms with van der Waals surface area (Å²) < 4.78 is 16.1. The minimum Gasteiger partial charge on any atom is -0.493 e. The van der Waals surface area contributed by atoms with E-state index in [0.29, 0.717) is 32.0 Å². The zero-order valence-electron chi connectivity index (χ0n) is 14.0. The summed E-state index contributed by atoms with van der Waals surface area (Å²) in [6.07, 6.45) is 0. The minimum atomic E-state index is -0.594. The SMILES string of the molecule is COc1cc(C(=O)N2CCOCC2)c([N+](=O)[O-])cc1OCc1cscn1. The van der Waals surface area contributed by atoms with Crippen molar-refractivity contribution >= 4 is 22.9 Å². The Balaban J connectivity index is 1.91. The van der Waals surface area contributed by atoms with Crippen molar-refractivity contribution in [3.05, 3.63) is 44.4 Å². The van der Waals surface area contributed by atoms with E-state index in [0.717, 1.165) is 0 Å². The molecule has 1 fully saturated rings. The average Bonchev–Trinajstić information content (AvgIpc) is 3.19. The third kappa shape index (κ3) is 3.92. The van der Waals surface area contributed by atoms with Crippen molar-refractivity contribution in [3.63, 3.8) is 0 Å². The molecule has 0 spiro atoms. The monoisotopic (exact) mass is 379 g/mol. The molecular formula is C16H17N3O6S. The molecule has 1 aromatic heterocycles. The third-order valence-corrected chi connectivity index (χ3v) is 4.50. The van der Waals surface area contributed by atoms with E-state index in [-0.39, 0.29) is 29.4 Å². The van der Waals surface area contributed by atoms with Gasteiger partial charge in [-0.25, -0.2) is 4.98 Å². The second-order valence-electron chi connectivity index (χ2n) is 5.45. The molecule has 2 aromatic rings. The fourth-order valence-corrected chi connectivity index (χ4v) is 3.08. The van der Waals surface area contributed by atoms with Crippen molar-refractivity contribution in [2.24, 2.45) is 0 Å². The average molecular weight is 379 g/mol. The minimum absolute atomic E-state index is 0.0326. The summed E-state index contributed by atoms with van der Waals surface area (Å²) in [6, 6.07) is 2.57. The van der Waals surface area contributed by atoms with Crippen molar-refractivity contribution < 1.29 is 23.9 Å². The predicted molar refractivity (Wildman–Crippen MR) is 92.8 cm³/mol. The molecule has 9 nitrogen and oxygen atoms in total. The highest BCUT2D eigenvalue weighted by Gasteiger charge is 2.29. The third-order valence-electron chi connectivity index (χ3n) is 3.87. The summed E-state index contributed by atoms with van der Waals surface area (Å²) in [5, 5.41) is 13.3. The van der Waals surface area contributed by atoms with Gasteiger partial charge < -0.3 is 19.1 Å². The van der Waals surface area contributed by atoms with Crippen LogP contribution in [0, 0.1) is 10.1 Å². The topological polar surface area (TPSA) is 104 Å². The van der Waals surface area contributed by atoms with Gasteiger partial charge in [0.1, 0.15) is 12.2 Å². The summed E-state index contributed by atoms with van der Waals surface area (Å²) >= 11 is 1.42. The zero-order chi connectivity index (χ0) is 18.5. The predicted octanol–water partition coefficient (Wildman–Crippen LogP) is 2.11. The van der Waals surface area contributed by atoms with Crippen LogP contribution in [0.25, 0.3) is 0 Å². The maximum atomic E-state index is 12.7. The number of amides is 1. The Morgan fingerprint density at radius 1 is 1.38 bits per heavy atom. The molecule has 0 radical (unpaired) electrons. The van der Waals surface area contributed by atoms with Gasteiger partial charge in [0.15, 0.2) is 11.5 Å². The molecule has 1 amide bonds. The lowest BCUT2D eigenvalue weighted by molar-refractivity contribution is -0.385. The van der Waals surface area contributed by atoms with Crippen LogP contribution < -0.4 is 9.47 Å². The van der Waals surface area contributed by atoms with E-state index in [2.05, 4.69) is 4.98 Å². The van der Waals surface area contributed by atoms with Gasteiger partial charge in [-0.3, -0.25) is 14.9 Å². The fourth-order valence-electron chi connectivity index (χ4n) is 2.54. The largest absolute Gasteiger partial charge is 0.493 e. The highest BCUT2D eigenvalue weighted by atomic mass is 32.1. The van der Waals surface area contributed by atoms with Gasteiger partial charge in [-0.1, -0.05) is 0 Å². The van der Waals surface area contributed by atoms with Crippen molar-refractivity contribution in [2.75, 3.05) is 33.4 Å². The lowest BCUT2D eigenvalue weighted by atomic mass is 10.1. The Hall–Kier alpha value is -2.72. The van der Waals surface area contributed by atoms with Gasteiger partial charge in [-0.2, -0.15) is 0 Å². The first kappa shape index (κ1) is 18.1. The van der Waals surface area contributed by atoms with Gasteiger partial charge in [0.25, 0.3) is 11.6 Å². The number of carbonyl (C=O) groups is 1. The lowest BCUT2D eigenvalue weighted by Crippen LogP contribution is -2.40. The first-order valence-electron chi connectivity index (χ1n) is 7.83. The Morgan fingerprint density at radius 3 is 2.77 bits per heavy atom. The summed E-state index contributed by atoms with van der Waals surface area (Å²) in [5.74, 6) is 0.0116. The van der Waals surface area contributed by atoms with Crippen LogP contribution in [0.4, 0.5) is 5.69 Å². The lowest BCUT2D eigenvalue weighted by Gasteiger charge is -2.27. The van der Waals surface area contributed by atoms with Crippen molar-refractivity contribution in [1.82, 2.24) is 9.88 Å². The summed E-state index contributed by atoms with van der Waals surface area (Å²) in [7, 11) is 1.42. The number of nitro benzene ring substituents is 1. The number of thiazole rings is 1. The van der Waals surface area contributed by atoms with Crippen LogP contribution >= 0.6 is 11.3 Å². The van der Waals surface area contributed by atoms with Gasteiger partial charge >= 0.3 is 0 Å². The maximum Gasteiger partial charge on any atom is 0.286 e. The number of nitro groups is 1. The number of nitrogens with zero attached hydrogens (tertiary/aromatic N) is 3. The number of hydrogen-bond donors (Lipinski definition) is 0. The van der Waals surface area contributed by atoms with Gasteiger partial charge in [-0.05, 0) is 0 Å². The number of ether oxygens (including phenoxy) is 3. The quantitative estimate of drug-likeness (QED) is 0.559. The van der Waals surface area contributed by atoms with Crippen LogP contribution in [0.1, 0.15) is 16.1 Å². The molecule has 0 atom stereocenters. The number of methoxy groups -OCH3 is 1. The molecule has 138 valence electrons. The smallest absolute Gasteiger partial charge is 0.286 e. The van der Waals surface area contributed by atoms with Crippen LogP contribution in [-0.2, 0) is 11.3 Å². The van der Waals surface area contributed by atoms with Crippen LogP contribution in [0.5, 0.6) is 11.5 Å². The van der Waals surface area contributed by atoms with E-state index in [1.807, 2.05) is 5.38 Å². The summed E-state index contributed by atoms with van der Waals surface area (Å²) in [6.45, 7) is 1.74. The first-order chi connectivity index (χ1) is 12.6. The Kier molecular flexibility index (Phi) is 5.64. The van der Waals surface area contributed by atoms with Gasteiger partial charge in [0.2, 0.25) is 0 Å². The van der Waals surface area contributed by atoms with Crippen molar-refractivity contribution in [3.8, 4) is 11.5 Å². The summed E-state index contributed by atoms with van der Waals surface area (Å²) in [5.41, 5.74) is 2.01. The molecule has 1 aromatic carbocycles. The van der Waals surface area contributed by atoms with E-state index in [1.165, 1.54) is 35.5 Å². The number of morpholine rings is 1. The molecule has 1 aliphatic rings. The second kappa shape index (κ2) is 8.11. The number of carbonyl (C=O) groups excluding carboxylic acids is 1. The molecule has 26 heavy (non-hydrogen) atoms. The fraction of sp³-hybridized carbons (Fsp3) is 0.375. The van der Waals surface area contributed by atoms with E-state index in [9.17, 15) is 14.9 Å². The molecule has 0 unspecified atom stereocenters. The van der Waals surface area contributed by atoms with Crippen LogP contribution in [0.3, 0.4) is 0 Å². The molecule has 1 aliphatic heterocycles. The Labute approximate surface area is 153 Å². The molecule has 2 heterocycles. The number of aromatic nitrogens is 1. The molecule has 0 saturated carbocycles. The Bertz CT molecular complexity index is 790. The van der Waals surface area contributed by atoms with E-state index >= 15 is 0 Å².